The molecule has 2 N–H and O–H groups in total. The summed E-state index contributed by atoms with van der Waals surface area (Å²) >= 11 is 0. The van der Waals surface area contributed by atoms with Crippen LogP contribution in [0, 0.1) is 5.92 Å². The van der Waals surface area contributed by atoms with E-state index in [1.165, 1.54) is 19.3 Å². The van der Waals surface area contributed by atoms with Gasteiger partial charge in [0.1, 0.15) is 6.04 Å². The molecule has 2 atom stereocenters. The van der Waals surface area contributed by atoms with Crippen LogP contribution in [0.2, 0.25) is 0 Å². The first kappa shape index (κ1) is 15.4. The average molecular weight is 229 g/mol. The van der Waals surface area contributed by atoms with Gasteiger partial charge >= 0.3 is 5.97 Å². The van der Waals surface area contributed by atoms with Gasteiger partial charge in [0.2, 0.25) is 0 Å². The Labute approximate surface area is 99.6 Å². The van der Waals surface area contributed by atoms with Gasteiger partial charge in [-0.15, -0.1) is 0 Å². The fourth-order valence-corrected chi connectivity index (χ4v) is 1.84. The maximum atomic E-state index is 11.0. The summed E-state index contributed by atoms with van der Waals surface area (Å²) in [6.45, 7) is 8.36. The molecule has 0 saturated heterocycles. The van der Waals surface area contributed by atoms with Crippen molar-refractivity contribution in [2.75, 3.05) is 0 Å². The second-order valence-electron chi connectivity index (χ2n) is 5.08. The van der Waals surface area contributed by atoms with E-state index in [1.807, 2.05) is 0 Å². The molecule has 0 bridgehead atoms. The lowest BCUT2D eigenvalue weighted by molar-refractivity contribution is -0.140. The van der Waals surface area contributed by atoms with Gasteiger partial charge in [0.15, 0.2) is 0 Å². The van der Waals surface area contributed by atoms with E-state index in [9.17, 15) is 4.79 Å². The van der Waals surface area contributed by atoms with E-state index in [-0.39, 0.29) is 0 Å². The number of aliphatic carboxylic acids is 1. The summed E-state index contributed by atoms with van der Waals surface area (Å²) in [4.78, 5) is 11.0. The summed E-state index contributed by atoms with van der Waals surface area (Å²) in [7, 11) is 0. The maximum absolute atomic E-state index is 11.0. The van der Waals surface area contributed by atoms with Gasteiger partial charge in [0.05, 0.1) is 0 Å². The lowest BCUT2D eigenvalue weighted by atomic mass is 10.0. The predicted octanol–water partition coefficient (Wildman–Crippen LogP) is 3.04. The Morgan fingerprint density at radius 2 is 1.88 bits per heavy atom. The average Bonchev–Trinajstić information content (AvgIpc) is 2.16. The van der Waals surface area contributed by atoms with Gasteiger partial charge < -0.3 is 10.4 Å². The quantitative estimate of drug-likeness (QED) is 0.597. The zero-order valence-electron chi connectivity index (χ0n) is 11.1. The molecule has 0 aromatic rings. The van der Waals surface area contributed by atoms with Gasteiger partial charge in [0, 0.05) is 6.04 Å². The SMILES string of the molecule is CCCCCC(C)NC(CC(C)C)C(=O)O. The first-order chi connectivity index (χ1) is 7.47. The van der Waals surface area contributed by atoms with E-state index in [2.05, 4.69) is 33.0 Å². The summed E-state index contributed by atoms with van der Waals surface area (Å²) in [5.74, 6) is -0.313. The van der Waals surface area contributed by atoms with Crippen LogP contribution in [0.5, 0.6) is 0 Å². The molecule has 0 aromatic carbocycles. The molecule has 2 unspecified atom stereocenters. The van der Waals surface area contributed by atoms with Gasteiger partial charge in [-0.2, -0.15) is 0 Å². The highest BCUT2D eigenvalue weighted by atomic mass is 16.4. The van der Waals surface area contributed by atoms with E-state index >= 15 is 0 Å². The van der Waals surface area contributed by atoms with Gasteiger partial charge in [0.25, 0.3) is 0 Å². The van der Waals surface area contributed by atoms with Crippen LogP contribution in [0.1, 0.15) is 59.8 Å². The molecule has 0 rings (SSSR count). The number of carboxylic acid groups (broad SMARTS) is 1. The van der Waals surface area contributed by atoms with Crippen LogP contribution in [0.3, 0.4) is 0 Å². The van der Waals surface area contributed by atoms with E-state index in [0.717, 1.165) is 6.42 Å². The third-order valence-corrected chi connectivity index (χ3v) is 2.73. The van der Waals surface area contributed by atoms with Crippen LogP contribution in [0.15, 0.2) is 0 Å². The number of nitrogens with one attached hydrogen (secondary N) is 1. The highest BCUT2D eigenvalue weighted by molar-refractivity contribution is 5.73. The lowest BCUT2D eigenvalue weighted by Crippen LogP contribution is -2.42. The summed E-state index contributed by atoms with van der Waals surface area (Å²) in [6.07, 6.45) is 5.39. The smallest absolute Gasteiger partial charge is 0.320 e. The van der Waals surface area contributed by atoms with Crippen LogP contribution in [0.25, 0.3) is 0 Å². The van der Waals surface area contributed by atoms with Crippen molar-refractivity contribution in [2.45, 2.75) is 71.9 Å². The lowest BCUT2D eigenvalue weighted by Gasteiger charge is -2.21. The minimum Gasteiger partial charge on any atom is -0.480 e. The number of hydrogen-bond donors (Lipinski definition) is 2. The molecule has 0 aliphatic rings. The molecule has 0 aromatic heterocycles. The Balaban J connectivity index is 3.93. The minimum atomic E-state index is -0.726. The normalized spacial score (nSPS) is 15.1. The molecule has 3 heteroatoms. The molecular weight excluding hydrogens is 202 g/mol. The van der Waals surface area contributed by atoms with E-state index in [4.69, 9.17) is 5.11 Å². The summed E-state index contributed by atoms with van der Waals surface area (Å²) < 4.78 is 0. The Bertz CT molecular complexity index is 192. The summed E-state index contributed by atoms with van der Waals surface area (Å²) in [5, 5.41) is 12.3. The topological polar surface area (TPSA) is 49.3 Å². The van der Waals surface area contributed by atoms with Crippen molar-refractivity contribution < 1.29 is 9.90 Å². The van der Waals surface area contributed by atoms with Gasteiger partial charge in [-0.05, 0) is 25.7 Å². The van der Waals surface area contributed by atoms with Crippen LogP contribution < -0.4 is 5.32 Å². The van der Waals surface area contributed by atoms with E-state index in [1.54, 1.807) is 0 Å². The Morgan fingerprint density at radius 1 is 1.25 bits per heavy atom. The number of hydrogen-bond acceptors (Lipinski definition) is 2. The van der Waals surface area contributed by atoms with Crippen LogP contribution in [0.4, 0.5) is 0 Å². The second-order valence-corrected chi connectivity index (χ2v) is 5.08. The van der Waals surface area contributed by atoms with Crippen molar-refractivity contribution in [3.63, 3.8) is 0 Å². The Kier molecular flexibility index (Phi) is 8.26. The van der Waals surface area contributed by atoms with Crippen molar-refractivity contribution in [3.8, 4) is 0 Å². The fraction of sp³-hybridized carbons (Fsp3) is 0.923. The number of rotatable bonds is 9. The second kappa shape index (κ2) is 8.57. The molecule has 0 amide bonds. The highest BCUT2D eigenvalue weighted by Gasteiger charge is 2.20. The Hall–Kier alpha value is -0.570. The fourth-order valence-electron chi connectivity index (χ4n) is 1.84. The molecule has 16 heavy (non-hydrogen) atoms. The molecule has 3 nitrogen and oxygen atoms in total. The van der Waals surface area contributed by atoms with Crippen molar-refractivity contribution in [1.82, 2.24) is 5.32 Å². The van der Waals surface area contributed by atoms with E-state index < -0.39 is 12.0 Å². The minimum absolute atomic E-state index is 0.298. The standard InChI is InChI=1S/C13H27NO2/c1-5-6-7-8-11(4)14-12(13(15)16)9-10(2)3/h10-12,14H,5-9H2,1-4H3,(H,15,16). The van der Waals surface area contributed by atoms with Gasteiger partial charge in [-0.3, -0.25) is 4.79 Å². The zero-order valence-corrected chi connectivity index (χ0v) is 11.1. The maximum Gasteiger partial charge on any atom is 0.320 e. The molecule has 0 aliphatic carbocycles. The molecule has 0 radical (unpaired) electrons. The van der Waals surface area contributed by atoms with Crippen LogP contribution in [-0.4, -0.2) is 23.2 Å². The monoisotopic (exact) mass is 229 g/mol. The van der Waals surface area contributed by atoms with Gasteiger partial charge in [-0.1, -0.05) is 40.0 Å². The summed E-state index contributed by atoms with van der Waals surface area (Å²) in [5.41, 5.74) is 0. The van der Waals surface area contributed by atoms with Crippen molar-refractivity contribution in [1.29, 1.82) is 0 Å². The zero-order chi connectivity index (χ0) is 12.6. The molecule has 0 saturated carbocycles. The molecule has 0 spiro atoms. The van der Waals surface area contributed by atoms with E-state index in [0.29, 0.717) is 18.4 Å². The number of carboxylic acids is 1. The third kappa shape index (κ3) is 7.69. The molecule has 0 heterocycles. The third-order valence-electron chi connectivity index (χ3n) is 2.73. The first-order valence-electron chi connectivity index (χ1n) is 6.46. The van der Waals surface area contributed by atoms with Crippen molar-refractivity contribution in [2.24, 2.45) is 5.92 Å². The highest BCUT2D eigenvalue weighted by Crippen LogP contribution is 2.08. The van der Waals surface area contributed by atoms with Gasteiger partial charge in [-0.25, -0.2) is 0 Å². The number of carbonyl (C=O) groups is 1. The Morgan fingerprint density at radius 3 is 2.31 bits per heavy atom. The molecule has 96 valence electrons. The number of unbranched alkanes of at least 4 members (excludes halogenated alkanes) is 2. The molecule has 0 fully saturated rings. The molecular formula is C13H27NO2. The van der Waals surface area contributed by atoms with Crippen molar-refractivity contribution in [3.05, 3.63) is 0 Å². The predicted molar refractivity (Wildman–Crippen MR) is 67.6 cm³/mol. The largest absolute Gasteiger partial charge is 0.480 e. The van der Waals surface area contributed by atoms with Crippen molar-refractivity contribution >= 4 is 5.97 Å². The molecule has 0 aliphatic heterocycles. The summed E-state index contributed by atoms with van der Waals surface area (Å²) in [6, 6.07) is -0.0944. The first-order valence-corrected chi connectivity index (χ1v) is 6.46. The van der Waals surface area contributed by atoms with Crippen LogP contribution >= 0.6 is 0 Å². The van der Waals surface area contributed by atoms with Crippen LogP contribution in [-0.2, 0) is 4.79 Å².